The van der Waals surface area contributed by atoms with Gasteiger partial charge in [0.05, 0.1) is 0 Å². The molecule has 0 amide bonds. The highest BCUT2D eigenvalue weighted by atomic mass is 15.2. The number of nitrogens with zero attached hydrogens (tertiary/aromatic N) is 2. The molecule has 1 N–H and O–H groups in total. The largest absolute Gasteiger partial charge is 0.360 e. The van der Waals surface area contributed by atoms with Crippen LogP contribution in [0.3, 0.4) is 0 Å². The number of benzene rings is 1. The number of rotatable bonds is 2. The summed E-state index contributed by atoms with van der Waals surface area (Å²) in [5, 5.41) is 3.24. The highest BCUT2D eigenvalue weighted by molar-refractivity contribution is 6.04. The number of hydrogen-bond acceptors (Lipinski definition) is 3. The molecule has 0 saturated heterocycles. The van der Waals surface area contributed by atoms with E-state index in [-0.39, 0.29) is 0 Å². The van der Waals surface area contributed by atoms with E-state index < -0.39 is 0 Å². The van der Waals surface area contributed by atoms with E-state index in [1.54, 1.807) is 0 Å². The molecular formula is C13H17N3. The number of hydrogen-bond donors (Lipinski definition) is 1. The minimum Gasteiger partial charge on any atom is -0.360 e. The minimum atomic E-state index is 0.970. The first-order valence-corrected chi connectivity index (χ1v) is 5.70. The van der Waals surface area contributed by atoms with E-state index in [1.165, 1.54) is 0 Å². The summed E-state index contributed by atoms with van der Waals surface area (Å²) in [7, 11) is 0. The Kier molecular flexibility index (Phi) is 3.25. The van der Waals surface area contributed by atoms with Crippen molar-refractivity contribution < 1.29 is 0 Å². The Labute approximate surface area is 96.5 Å². The standard InChI is InChI=1S/C13H17N3/c1-3-16(4-2)13-11-7-5-6-8-12(11)14-9-10-15-13/h5-10,14H,3-4H2,1-2H3. The first kappa shape index (κ1) is 10.7. The summed E-state index contributed by atoms with van der Waals surface area (Å²) in [6.07, 6.45) is 3.68. The molecule has 0 aromatic heterocycles. The van der Waals surface area contributed by atoms with Gasteiger partial charge in [-0.1, -0.05) is 12.1 Å². The van der Waals surface area contributed by atoms with Gasteiger partial charge in [0, 0.05) is 36.7 Å². The lowest BCUT2D eigenvalue weighted by Crippen LogP contribution is -2.31. The van der Waals surface area contributed by atoms with Crippen molar-refractivity contribution in [2.75, 3.05) is 18.4 Å². The van der Waals surface area contributed by atoms with Gasteiger partial charge in [-0.15, -0.1) is 0 Å². The van der Waals surface area contributed by atoms with Crippen LogP contribution in [0.2, 0.25) is 0 Å². The first-order valence-electron chi connectivity index (χ1n) is 5.70. The molecule has 1 heterocycles. The quantitative estimate of drug-likeness (QED) is 0.821. The molecular weight excluding hydrogens is 198 g/mol. The molecule has 0 spiro atoms. The van der Waals surface area contributed by atoms with Crippen molar-refractivity contribution in [2.24, 2.45) is 4.99 Å². The van der Waals surface area contributed by atoms with E-state index in [0.717, 1.165) is 30.2 Å². The molecule has 16 heavy (non-hydrogen) atoms. The Balaban J connectivity index is 2.45. The predicted molar refractivity (Wildman–Crippen MR) is 68.7 cm³/mol. The third-order valence-corrected chi connectivity index (χ3v) is 2.74. The third-order valence-electron chi connectivity index (χ3n) is 2.74. The molecule has 0 unspecified atom stereocenters. The summed E-state index contributed by atoms with van der Waals surface area (Å²) in [6.45, 7) is 6.24. The van der Waals surface area contributed by atoms with E-state index in [1.807, 2.05) is 24.5 Å². The monoisotopic (exact) mass is 215 g/mol. The summed E-state index contributed by atoms with van der Waals surface area (Å²) in [5.41, 5.74) is 2.28. The van der Waals surface area contributed by atoms with E-state index >= 15 is 0 Å². The predicted octanol–water partition coefficient (Wildman–Crippen LogP) is 2.67. The Hall–Kier alpha value is -1.77. The van der Waals surface area contributed by atoms with Gasteiger partial charge in [-0.2, -0.15) is 0 Å². The van der Waals surface area contributed by atoms with Crippen molar-refractivity contribution in [3.05, 3.63) is 42.2 Å². The van der Waals surface area contributed by atoms with Gasteiger partial charge in [0.1, 0.15) is 5.84 Å². The number of amidine groups is 1. The van der Waals surface area contributed by atoms with Gasteiger partial charge >= 0.3 is 0 Å². The summed E-state index contributed by atoms with van der Waals surface area (Å²) >= 11 is 0. The highest BCUT2D eigenvalue weighted by Gasteiger charge is 2.14. The average Bonchev–Trinajstić information content (AvgIpc) is 2.54. The molecule has 0 aliphatic carbocycles. The smallest absolute Gasteiger partial charge is 0.137 e. The van der Waals surface area contributed by atoms with Gasteiger partial charge in [-0.05, 0) is 26.0 Å². The lowest BCUT2D eigenvalue weighted by molar-refractivity contribution is 0.467. The maximum absolute atomic E-state index is 4.51. The number of para-hydroxylation sites is 1. The Morgan fingerprint density at radius 2 is 1.94 bits per heavy atom. The van der Waals surface area contributed by atoms with Crippen LogP contribution in [0.25, 0.3) is 0 Å². The summed E-state index contributed by atoms with van der Waals surface area (Å²) < 4.78 is 0. The van der Waals surface area contributed by atoms with Crippen molar-refractivity contribution in [2.45, 2.75) is 13.8 Å². The van der Waals surface area contributed by atoms with Crippen LogP contribution >= 0.6 is 0 Å². The fraction of sp³-hybridized carbons (Fsp3) is 0.308. The topological polar surface area (TPSA) is 27.6 Å². The minimum absolute atomic E-state index is 0.970. The van der Waals surface area contributed by atoms with Gasteiger partial charge < -0.3 is 10.2 Å². The molecule has 3 heteroatoms. The fourth-order valence-electron chi connectivity index (χ4n) is 1.88. The van der Waals surface area contributed by atoms with Crippen LogP contribution in [-0.2, 0) is 0 Å². The lowest BCUT2D eigenvalue weighted by Gasteiger charge is -2.23. The molecule has 1 aromatic carbocycles. The second kappa shape index (κ2) is 4.84. The second-order valence-electron chi connectivity index (χ2n) is 3.63. The van der Waals surface area contributed by atoms with E-state index in [4.69, 9.17) is 0 Å². The van der Waals surface area contributed by atoms with E-state index in [0.29, 0.717) is 0 Å². The van der Waals surface area contributed by atoms with Gasteiger partial charge in [-0.3, -0.25) is 0 Å². The summed E-state index contributed by atoms with van der Waals surface area (Å²) in [5.74, 6) is 1.04. The highest BCUT2D eigenvalue weighted by Crippen LogP contribution is 2.20. The van der Waals surface area contributed by atoms with Crippen molar-refractivity contribution in [1.29, 1.82) is 0 Å². The first-order chi connectivity index (χ1) is 7.86. The number of nitrogens with one attached hydrogen (secondary N) is 1. The van der Waals surface area contributed by atoms with Gasteiger partial charge in [0.2, 0.25) is 0 Å². The molecule has 0 radical (unpaired) electrons. The molecule has 0 atom stereocenters. The van der Waals surface area contributed by atoms with Crippen molar-refractivity contribution in [1.82, 2.24) is 4.90 Å². The lowest BCUT2D eigenvalue weighted by atomic mass is 10.1. The van der Waals surface area contributed by atoms with Crippen LogP contribution in [0.15, 0.2) is 41.7 Å². The third kappa shape index (κ3) is 1.94. The summed E-state index contributed by atoms with van der Waals surface area (Å²) in [6, 6.07) is 8.26. The SMILES string of the molecule is CCN(CC)C1=NC=CNc2ccccc21. The zero-order valence-corrected chi connectivity index (χ0v) is 9.77. The van der Waals surface area contributed by atoms with Gasteiger partial charge in [0.25, 0.3) is 0 Å². The molecule has 3 nitrogen and oxygen atoms in total. The fourth-order valence-corrected chi connectivity index (χ4v) is 1.88. The van der Waals surface area contributed by atoms with Crippen LogP contribution in [0.1, 0.15) is 19.4 Å². The molecule has 0 bridgehead atoms. The van der Waals surface area contributed by atoms with E-state index in [9.17, 15) is 0 Å². The Bertz CT molecular complexity index is 417. The Morgan fingerprint density at radius 3 is 2.69 bits per heavy atom. The van der Waals surface area contributed by atoms with Crippen molar-refractivity contribution >= 4 is 11.5 Å². The van der Waals surface area contributed by atoms with Gasteiger partial charge in [0.15, 0.2) is 0 Å². The van der Waals surface area contributed by atoms with Crippen LogP contribution in [-0.4, -0.2) is 23.8 Å². The molecule has 1 aliphatic rings. The number of anilines is 1. The van der Waals surface area contributed by atoms with Gasteiger partial charge in [-0.25, -0.2) is 4.99 Å². The van der Waals surface area contributed by atoms with Crippen LogP contribution in [0.4, 0.5) is 5.69 Å². The molecule has 1 aromatic rings. The molecule has 1 aliphatic heterocycles. The zero-order valence-electron chi connectivity index (χ0n) is 9.77. The Morgan fingerprint density at radius 1 is 1.19 bits per heavy atom. The normalized spacial score (nSPS) is 13.5. The molecule has 0 fully saturated rings. The maximum Gasteiger partial charge on any atom is 0.137 e. The molecule has 84 valence electrons. The zero-order chi connectivity index (χ0) is 11.4. The van der Waals surface area contributed by atoms with Crippen LogP contribution in [0, 0.1) is 0 Å². The van der Waals surface area contributed by atoms with Crippen molar-refractivity contribution in [3.8, 4) is 0 Å². The number of aliphatic imine (C=N–C) groups is 1. The number of fused-ring (bicyclic) bond motifs is 1. The maximum atomic E-state index is 4.51. The van der Waals surface area contributed by atoms with E-state index in [2.05, 4.69) is 41.2 Å². The molecule has 0 saturated carbocycles. The van der Waals surface area contributed by atoms with Crippen LogP contribution < -0.4 is 5.32 Å². The second-order valence-corrected chi connectivity index (χ2v) is 3.63. The van der Waals surface area contributed by atoms with Crippen molar-refractivity contribution in [3.63, 3.8) is 0 Å². The molecule has 2 rings (SSSR count). The summed E-state index contributed by atoms with van der Waals surface area (Å²) in [4.78, 5) is 6.77. The van der Waals surface area contributed by atoms with Crippen LogP contribution in [0.5, 0.6) is 0 Å². The average molecular weight is 215 g/mol.